The van der Waals surface area contributed by atoms with E-state index in [1.165, 1.54) is 19.4 Å². The first kappa shape index (κ1) is 7.84. The maximum atomic E-state index is 5.78. The number of fused-ring (bicyclic) bond motifs is 1. The van der Waals surface area contributed by atoms with Gasteiger partial charge in [-0.05, 0) is 19.4 Å². The summed E-state index contributed by atoms with van der Waals surface area (Å²) >= 11 is 5.78. The van der Waals surface area contributed by atoms with Crippen molar-refractivity contribution in [2.45, 2.75) is 24.9 Å². The number of halogens is 1. The van der Waals surface area contributed by atoms with E-state index in [0.29, 0.717) is 6.04 Å². The van der Waals surface area contributed by atoms with Crippen LogP contribution < -0.4 is 5.32 Å². The molecule has 0 aromatic rings. The molecule has 0 aromatic heterocycles. The summed E-state index contributed by atoms with van der Waals surface area (Å²) in [7, 11) is 0. The van der Waals surface area contributed by atoms with Crippen molar-refractivity contribution in [3.05, 3.63) is 0 Å². The molecule has 2 atom stereocenters. The molecule has 2 saturated heterocycles. The van der Waals surface area contributed by atoms with E-state index < -0.39 is 0 Å². The maximum Gasteiger partial charge on any atom is 0.0389 e. The molecule has 0 bridgehead atoms. The van der Waals surface area contributed by atoms with Crippen molar-refractivity contribution in [2.75, 3.05) is 25.5 Å². The van der Waals surface area contributed by atoms with E-state index in [1.807, 2.05) is 0 Å². The summed E-state index contributed by atoms with van der Waals surface area (Å²) in [5, 5.41) is 3.47. The van der Waals surface area contributed by atoms with Crippen molar-refractivity contribution >= 4 is 11.6 Å². The molecule has 0 spiro atoms. The van der Waals surface area contributed by atoms with Crippen molar-refractivity contribution in [1.82, 2.24) is 10.2 Å². The van der Waals surface area contributed by atoms with Crippen molar-refractivity contribution < 1.29 is 0 Å². The molecule has 2 aliphatic rings. The highest BCUT2D eigenvalue weighted by Gasteiger charge is 2.30. The Bertz CT molecular complexity index is 140. The number of hydrogen-bond donors (Lipinski definition) is 1. The van der Waals surface area contributed by atoms with Gasteiger partial charge in [-0.3, -0.25) is 4.90 Å². The fourth-order valence-corrected chi connectivity index (χ4v) is 2.33. The molecule has 0 radical (unpaired) electrons. The maximum absolute atomic E-state index is 5.78. The van der Waals surface area contributed by atoms with Gasteiger partial charge in [-0.2, -0.15) is 0 Å². The average Bonchev–Trinajstić information content (AvgIpc) is 2.50. The predicted molar refractivity (Wildman–Crippen MR) is 47.1 cm³/mol. The molecule has 0 aliphatic carbocycles. The molecule has 0 saturated carbocycles. The molecular weight excluding hydrogens is 160 g/mol. The molecule has 11 heavy (non-hydrogen) atoms. The molecule has 2 heterocycles. The first-order chi connectivity index (χ1) is 5.40. The summed E-state index contributed by atoms with van der Waals surface area (Å²) in [6, 6.07) is 1.35. The Balaban J connectivity index is 1.91. The summed E-state index contributed by atoms with van der Waals surface area (Å²) in [6.45, 7) is 3.60. The Morgan fingerprint density at radius 3 is 3.27 bits per heavy atom. The third kappa shape index (κ3) is 1.53. The molecule has 2 rings (SSSR count). The zero-order chi connectivity index (χ0) is 7.68. The van der Waals surface area contributed by atoms with Crippen molar-refractivity contribution in [3.63, 3.8) is 0 Å². The molecule has 0 amide bonds. The number of nitrogens with zero attached hydrogens (tertiary/aromatic N) is 1. The van der Waals surface area contributed by atoms with Crippen LogP contribution >= 0.6 is 11.6 Å². The lowest BCUT2D eigenvalue weighted by molar-refractivity contribution is 0.181. The zero-order valence-electron chi connectivity index (χ0n) is 6.72. The highest BCUT2D eigenvalue weighted by Crippen LogP contribution is 2.19. The summed E-state index contributed by atoms with van der Waals surface area (Å²) < 4.78 is 0. The number of piperazine rings is 1. The van der Waals surface area contributed by atoms with E-state index in [9.17, 15) is 0 Å². The fraction of sp³-hybridized carbons (Fsp3) is 1.00. The number of rotatable bonds is 1. The van der Waals surface area contributed by atoms with Crippen molar-refractivity contribution in [3.8, 4) is 0 Å². The van der Waals surface area contributed by atoms with E-state index in [2.05, 4.69) is 10.2 Å². The Morgan fingerprint density at radius 2 is 2.45 bits per heavy atom. The molecule has 2 unspecified atom stereocenters. The highest BCUT2D eigenvalue weighted by molar-refractivity contribution is 6.18. The number of alkyl halides is 1. The van der Waals surface area contributed by atoms with Gasteiger partial charge in [0.1, 0.15) is 0 Å². The van der Waals surface area contributed by atoms with Crippen LogP contribution in [-0.4, -0.2) is 42.5 Å². The molecule has 64 valence electrons. The van der Waals surface area contributed by atoms with Gasteiger partial charge in [0, 0.05) is 31.1 Å². The first-order valence-electron chi connectivity index (χ1n) is 4.43. The smallest absolute Gasteiger partial charge is 0.0389 e. The third-order valence-corrected chi connectivity index (χ3v) is 3.15. The molecular formula is C8H15ClN2. The lowest BCUT2D eigenvalue weighted by Gasteiger charge is -2.35. The van der Waals surface area contributed by atoms with Crippen LogP contribution in [-0.2, 0) is 0 Å². The Hall–Kier alpha value is 0.210. The molecule has 2 aliphatic heterocycles. The van der Waals surface area contributed by atoms with Gasteiger partial charge in [0.2, 0.25) is 0 Å². The van der Waals surface area contributed by atoms with Gasteiger partial charge in [-0.1, -0.05) is 0 Å². The van der Waals surface area contributed by atoms with Crippen LogP contribution in [0.25, 0.3) is 0 Å². The van der Waals surface area contributed by atoms with Crippen LogP contribution in [0.15, 0.2) is 0 Å². The molecule has 3 heteroatoms. The van der Waals surface area contributed by atoms with Crippen LogP contribution in [0.2, 0.25) is 0 Å². The minimum atomic E-state index is 0.533. The van der Waals surface area contributed by atoms with Crippen LogP contribution in [0.5, 0.6) is 0 Å². The lowest BCUT2D eigenvalue weighted by atomic mass is 10.1. The Morgan fingerprint density at radius 1 is 1.55 bits per heavy atom. The SMILES string of the molecule is ClCC1CN2CCCC2CN1. The van der Waals surface area contributed by atoms with Gasteiger partial charge < -0.3 is 5.32 Å². The quantitative estimate of drug-likeness (QED) is 0.588. The van der Waals surface area contributed by atoms with Gasteiger partial charge in [-0.25, -0.2) is 0 Å². The molecule has 2 nitrogen and oxygen atoms in total. The summed E-state index contributed by atoms with van der Waals surface area (Å²) in [5.41, 5.74) is 0. The average molecular weight is 175 g/mol. The van der Waals surface area contributed by atoms with Crippen LogP contribution in [0.3, 0.4) is 0 Å². The highest BCUT2D eigenvalue weighted by atomic mass is 35.5. The predicted octanol–water partition coefficient (Wildman–Crippen LogP) is 0.661. The number of nitrogens with one attached hydrogen (secondary N) is 1. The van der Waals surface area contributed by atoms with Gasteiger partial charge in [0.25, 0.3) is 0 Å². The first-order valence-corrected chi connectivity index (χ1v) is 4.97. The van der Waals surface area contributed by atoms with Gasteiger partial charge >= 0.3 is 0 Å². The molecule has 1 N–H and O–H groups in total. The Kier molecular flexibility index (Phi) is 2.35. The second-order valence-electron chi connectivity index (χ2n) is 3.55. The largest absolute Gasteiger partial charge is 0.310 e. The normalized spacial score (nSPS) is 39.0. The van der Waals surface area contributed by atoms with Crippen molar-refractivity contribution in [1.29, 1.82) is 0 Å². The van der Waals surface area contributed by atoms with Crippen LogP contribution in [0.4, 0.5) is 0 Å². The van der Waals surface area contributed by atoms with Gasteiger partial charge in [0.15, 0.2) is 0 Å². The van der Waals surface area contributed by atoms with Crippen LogP contribution in [0.1, 0.15) is 12.8 Å². The molecule has 2 fully saturated rings. The van der Waals surface area contributed by atoms with E-state index >= 15 is 0 Å². The minimum absolute atomic E-state index is 0.533. The van der Waals surface area contributed by atoms with Crippen LogP contribution in [0, 0.1) is 0 Å². The Labute approximate surface area is 72.9 Å². The summed E-state index contributed by atoms with van der Waals surface area (Å²) in [4.78, 5) is 2.57. The van der Waals surface area contributed by atoms with E-state index in [-0.39, 0.29) is 0 Å². The van der Waals surface area contributed by atoms with E-state index in [1.54, 1.807) is 0 Å². The standard InChI is InChI=1S/C8H15ClN2/c9-4-7-6-11-3-1-2-8(11)5-10-7/h7-8,10H,1-6H2. The summed E-state index contributed by atoms with van der Waals surface area (Å²) in [5.74, 6) is 0.753. The summed E-state index contributed by atoms with van der Waals surface area (Å²) in [6.07, 6.45) is 2.75. The fourth-order valence-electron chi connectivity index (χ4n) is 2.12. The zero-order valence-corrected chi connectivity index (χ0v) is 7.48. The van der Waals surface area contributed by atoms with Gasteiger partial charge in [-0.15, -0.1) is 11.6 Å². The second-order valence-corrected chi connectivity index (χ2v) is 3.86. The lowest BCUT2D eigenvalue weighted by Crippen LogP contribution is -2.54. The second kappa shape index (κ2) is 3.30. The topological polar surface area (TPSA) is 15.3 Å². The van der Waals surface area contributed by atoms with E-state index in [0.717, 1.165) is 25.0 Å². The monoisotopic (exact) mass is 174 g/mol. The van der Waals surface area contributed by atoms with Gasteiger partial charge in [0.05, 0.1) is 0 Å². The third-order valence-electron chi connectivity index (χ3n) is 2.78. The number of hydrogen-bond acceptors (Lipinski definition) is 2. The molecule has 0 aromatic carbocycles. The van der Waals surface area contributed by atoms with Crippen molar-refractivity contribution in [2.24, 2.45) is 0 Å². The minimum Gasteiger partial charge on any atom is -0.310 e. The van der Waals surface area contributed by atoms with E-state index in [4.69, 9.17) is 11.6 Å².